The van der Waals surface area contributed by atoms with E-state index in [9.17, 15) is 4.39 Å². The monoisotopic (exact) mass is 234 g/mol. The molecule has 1 saturated heterocycles. The number of piperidine rings is 1. The van der Waals surface area contributed by atoms with Crippen molar-refractivity contribution in [1.82, 2.24) is 5.32 Å². The summed E-state index contributed by atoms with van der Waals surface area (Å²) in [6.07, 6.45) is 2.36. The van der Waals surface area contributed by atoms with Gasteiger partial charge in [0.1, 0.15) is 5.82 Å². The Morgan fingerprint density at radius 2 is 2.35 bits per heavy atom. The molecule has 2 nitrogen and oxygen atoms in total. The van der Waals surface area contributed by atoms with Crippen molar-refractivity contribution in [2.24, 2.45) is 0 Å². The van der Waals surface area contributed by atoms with Gasteiger partial charge in [0, 0.05) is 30.7 Å². The van der Waals surface area contributed by atoms with Crippen LogP contribution >= 0.6 is 0 Å². The number of rotatable bonds is 1. The molecule has 1 aromatic carbocycles. The highest BCUT2D eigenvalue weighted by atomic mass is 19.1. The lowest BCUT2D eigenvalue weighted by Crippen LogP contribution is -2.46. The van der Waals surface area contributed by atoms with Crippen LogP contribution in [0, 0.1) is 5.82 Å². The largest absolute Gasteiger partial charge is 0.371 e. The van der Waals surface area contributed by atoms with Crippen LogP contribution in [-0.4, -0.2) is 26.2 Å². The van der Waals surface area contributed by atoms with Gasteiger partial charge in [-0.1, -0.05) is 0 Å². The van der Waals surface area contributed by atoms with Crippen molar-refractivity contribution in [2.45, 2.75) is 25.2 Å². The Bertz CT molecular complexity index is 424. The lowest BCUT2D eigenvalue weighted by Gasteiger charge is -2.35. The number of anilines is 1. The van der Waals surface area contributed by atoms with E-state index in [1.54, 1.807) is 12.1 Å². The molecule has 0 aromatic heterocycles. The molecule has 0 bridgehead atoms. The van der Waals surface area contributed by atoms with E-state index in [4.69, 9.17) is 0 Å². The van der Waals surface area contributed by atoms with Crippen LogP contribution in [0.4, 0.5) is 10.1 Å². The highest BCUT2D eigenvalue weighted by Crippen LogP contribution is 2.44. The van der Waals surface area contributed by atoms with Gasteiger partial charge >= 0.3 is 0 Å². The topological polar surface area (TPSA) is 15.3 Å². The molecule has 3 heteroatoms. The first-order valence-corrected chi connectivity index (χ1v) is 6.51. The summed E-state index contributed by atoms with van der Waals surface area (Å²) in [5.74, 6) is -0.105. The van der Waals surface area contributed by atoms with Crippen LogP contribution < -0.4 is 10.2 Å². The zero-order chi connectivity index (χ0) is 11.9. The second-order valence-electron chi connectivity index (χ2n) is 5.24. The zero-order valence-electron chi connectivity index (χ0n) is 10.3. The fourth-order valence-corrected chi connectivity index (χ4v) is 3.36. The first kappa shape index (κ1) is 11.0. The molecule has 2 aliphatic rings. The molecular weight excluding hydrogens is 215 g/mol. The Morgan fingerprint density at radius 3 is 3.06 bits per heavy atom. The third-order valence-electron chi connectivity index (χ3n) is 4.22. The van der Waals surface area contributed by atoms with Crippen molar-refractivity contribution in [3.63, 3.8) is 0 Å². The first-order chi connectivity index (χ1) is 8.25. The van der Waals surface area contributed by atoms with Crippen molar-refractivity contribution >= 4 is 5.69 Å². The molecule has 0 saturated carbocycles. The second kappa shape index (κ2) is 3.98. The Kier molecular flexibility index (Phi) is 2.58. The van der Waals surface area contributed by atoms with Crippen molar-refractivity contribution < 1.29 is 4.39 Å². The minimum absolute atomic E-state index is 0.105. The zero-order valence-corrected chi connectivity index (χ0v) is 10.3. The Morgan fingerprint density at radius 1 is 1.47 bits per heavy atom. The molecule has 0 radical (unpaired) electrons. The molecule has 1 N–H and O–H groups in total. The van der Waals surface area contributed by atoms with E-state index in [-0.39, 0.29) is 11.2 Å². The van der Waals surface area contributed by atoms with Gasteiger partial charge in [0.05, 0.1) is 0 Å². The van der Waals surface area contributed by atoms with Crippen LogP contribution in [0.3, 0.4) is 0 Å². The summed E-state index contributed by atoms with van der Waals surface area (Å²) in [5, 5.41) is 3.47. The van der Waals surface area contributed by atoms with Gasteiger partial charge in [0.25, 0.3) is 0 Å². The number of nitrogens with zero attached hydrogens (tertiary/aromatic N) is 1. The number of benzene rings is 1. The summed E-state index contributed by atoms with van der Waals surface area (Å²) < 4.78 is 13.5. The van der Waals surface area contributed by atoms with Gasteiger partial charge in [0.15, 0.2) is 0 Å². The summed E-state index contributed by atoms with van der Waals surface area (Å²) in [5.41, 5.74) is 2.59. The van der Waals surface area contributed by atoms with Crippen molar-refractivity contribution in [3.8, 4) is 0 Å². The molecule has 1 aromatic rings. The quantitative estimate of drug-likeness (QED) is 0.802. The van der Waals surface area contributed by atoms with Crippen molar-refractivity contribution in [2.75, 3.05) is 31.1 Å². The molecule has 92 valence electrons. The van der Waals surface area contributed by atoms with Crippen LogP contribution in [0.5, 0.6) is 0 Å². The molecule has 2 aliphatic heterocycles. The maximum absolute atomic E-state index is 13.5. The molecule has 1 fully saturated rings. The maximum Gasteiger partial charge on any atom is 0.123 e. The smallest absolute Gasteiger partial charge is 0.123 e. The van der Waals surface area contributed by atoms with E-state index in [1.165, 1.54) is 24.1 Å². The SMILES string of the molecule is CCN1CC2(CCCNC2)c2cc(F)ccc21. The summed E-state index contributed by atoms with van der Waals surface area (Å²) in [6.45, 7) is 6.29. The Balaban J connectivity index is 2.07. The molecule has 1 unspecified atom stereocenters. The summed E-state index contributed by atoms with van der Waals surface area (Å²) in [7, 11) is 0. The first-order valence-electron chi connectivity index (χ1n) is 6.51. The summed E-state index contributed by atoms with van der Waals surface area (Å²) >= 11 is 0. The van der Waals surface area contributed by atoms with Crippen molar-refractivity contribution in [1.29, 1.82) is 0 Å². The van der Waals surface area contributed by atoms with E-state index in [0.29, 0.717) is 0 Å². The summed E-state index contributed by atoms with van der Waals surface area (Å²) in [6, 6.07) is 5.27. The second-order valence-corrected chi connectivity index (χ2v) is 5.24. The minimum Gasteiger partial charge on any atom is -0.371 e. The fraction of sp³-hybridized carbons (Fsp3) is 0.571. The maximum atomic E-state index is 13.5. The van der Waals surface area contributed by atoms with Crippen LogP contribution in [0.2, 0.25) is 0 Å². The summed E-state index contributed by atoms with van der Waals surface area (Å²) in [4.78, 5) is 2.38. The van der Waals surface area contributed by atoms with Gasteiger partial charge in [0.2, 0.25) is 0 Å². The van der Waals surface area contributed by atoms with Gasteiger partial charge in [-0.3, -0.25) is 0 Å². The highest BCUT2D eigenvalue weighted by Gasteiger charge is 2.42. The lowest BCUT2D eigenvalue weighted by atomic mass is 9.76. The average molecular weight is 234 g/mol. The van der Waals surface area contributed by atoms with Gasteiger partial charge in [-0.25, -0.2) is 4.39 Å². The number of hydrogen-bond acceptors (Lipinski definition) is 2. The highest BCUT2D eigenvalue weighted by molar-refractivity contribution is 5.63. The van der Waals surface area contributed by atoms with Gasteiger partial charge in [-0.2, -0.15) is 0 Å². The van der Waals surface area contributed by atoms with E-state index < -0.39 is 0 Å². The lowest BCUT2D eigenvalue weighted by molar-refractivity contribution is 0.329. The minimum atomic E-state index is -0.105. The molecule has 17 heavy (non-hydrogen) atoms. The van der Waals surface area contributed by atoms with Crippen LogP contribution in [-0.2, 0) is 5.41 Å². The van der Waals surface area contributed by atoms with E-state index in [0.717, 1.165) is 26.2 Å². The van der Waals surface area contributed by atoms with Crippen LogP contribution in [0.1, 0.15) is 25.3 Å². The predicted molar refractivity (Wildman–Crippen MR) is 68.1 cm³/mol. The van der Waals surface area contributed by atoms with E-state index >= 15 is 0 Å². The molecular formula is C14H19FN2. The molecule has 0 amide bonds. The Hall–Kier alpha value is -1.09. The molecule has 1 spiro atoms. The van der Waals surface area contributed by atoms with Crippen molar-refractivity contribution in [3.05, 3.63) is 29.6 Å². The molecule has 2 heterocycles. The molecule has 0 aliphatic carbocycles. The average Bonchev–Trinajstić information content (AvgIpc) is 2.64. The van der Waals surface area contributed by atoms with Crippen LogP contribution in [0.15, 0.2) is 18.2 Å². The number of halogens is 1. The Labute approximate surface area is 102 Å². The van der Waals surface area contributed by atoms with E-state index in [2.05, 4.69) is 17.1 Å². The molecule has 1 atom stereocenters. The van der Waals surface area contributed by atoms with E-state index in [1.807, 2.05) is 6.07 Å². The number of likely N-dealkylation sites (N-methyl/N-ethyl adjacent to an activating group) is 1. The number of nitrogens with one attached hydrogen (secondary N) is 1. The third-order valence-corrected chi connectivity index (χ3v) is 4.22. The van der Waals surface area contributed by atoms with Gasteiger partial charge in [-0.05, 0) is 50.1 Å². The number of hydrogen-bond donors (Lipinski definition) is 1. The van der Waals surface area contributed by atoms with Gasteiger partial charge < -0.3 is 10.2 Å². The number of fused-ring (bicyclic) bond motifs is 2. The van der Waals surface area contributed by atoms with Crippen LogP contribution in [0.25, 0.3) is 0 Å². The fourth-order valence-electron chi connectivity index (χ4n) is 3.36. The third kappa shape index (κ3) is 1.64. The normalized spacial score (nSPS) is 27.5. The predicted octanol–water partition coefficient (Wildman–Crippen LogP) is 2.29. The molecule has 3 rings (SSSR count). The van der Waals surface area contributed by atoms with Gasteiger partial charge in [-0.15, -0.1) is 0 Å². The standard InChI is InChI=1S/C14H19FN2/c1-2-17-10-14(6-3-7-16-9-14)12-8-11(15)4-5-13(12)17/h4-5,8,16H,2-3,6-7,9-10H2,1H3.